The minimum absolute atomic E-state index is 0.00411. The summed E-state index contributed by atoms with van der Waals surface area (Å²) < 4.78 is 0. The highest BCUT2D eigenvalue weighted by Gasteiger charge is 2.72. The lowest BCUT2D eigenvalue weighted by molar-refractivity contribution is -0.139. The Morgan fingerprint density at radius 2 is 1.54 bits per heavy atom. The number of fused-ring (bicyclic) bond motifs is 3. The van der Waals surface area contributed by atoms with Gasteiger partial charge in [-0.25, -0.2) is 0 Å². The fraction of sp³-hybridized carbons (Fsp3) is 0.444. The molecule has 4 rings (SSSR count). The van der Waals surface area contributed by atoms with Crippen LogP contribution in [-0.4, -0.2) is 46.9 Å². The van der Waals surface area contributed by atoms with Gasteiger partial charge in [-0.1, -0.05) is 38.1 Å². The van der Waals surface area contributed by atoms with Crippen LogP contribution in [0.15, 0.2) is 24.3 Å². The van der Waals surface area contributed by atoms with Crippen molar-refractivity contribution in [3.8, 4) is 0 Å². The van der Waals surface area contributed by atoms with Gasteiger partial charge >= 0.3 is 0 Å². The maximum atomic E-state index is 13.1. The van der Waals surface area contributed by atoms with E-state index in [0.29, 0.717) is 11.1 Å². The Morgan fingerprint density at radius 3 is 2.04 bits per heavy atom. The van der Waals surface area contributed by atoms with Crippen LogP contribution in [-0.2, 0) is 9.59 Å². The van der Waals surface area contributed by atoms with E-state index in [9.17, 15) is 19.2 Å². The Hall–Kier alpha value is -2.34. The summed E-state index contributed by atoms with van der Waals surface area (Å²) in [6.45, 7) is 3.84. The van der Waals surface area contributed by atoms with Crippen LogP contribution in [0.2, 0.25) is 0 Å². The summed E-state index contributed by atoms with van der Waals surface area (Å²) in [6.07, 6.45) is 0. The predicted molar refractivity (Wildman–Crippen MR) is 84.4 cm³/mol. The first-order valence-electron chi connectivity index (χ1n) is 8.10. The van der Waals surface area contributed by atoms with E-state index in [1.807, 2.05) is 13.8 Å². The van der Waals surface area contributed by atoms with Crippen LogP contribution in [0.25, 0.3) is 0 Å². The summed E-state index contributed by atoms with van der Waals surface area (Å²) in [5, 5.41) is 3.13. The van der Waals surface area contributed by atoms with Crippen molar-refractivity contribution in [3.63, 3.8) is 0 Å². The molecule has 1 aliphatic carbocycles. The molecule has 2 aliphatic heterocycles. The molecule has 1 aromatic rings. The molecule has 2 saturated heterocycles. The van der Waals surface area contributed by atoms with E-state index in [4.69, 9.17) is 0 Å². The molecule has 1 aromatic carbocycles. The summed E-state index contributed by atoms with van der Waals surface area (Å²) in [4.78, 5) is 52.6. The lowest BCUT2D eigenvalue weighted by Gasteiger charge is -2.28. The molecule has 2 fully saturated rings. The molecule has 0 bridgehead atoms. The number of carbonyl (C=O) groups is 4. The highest BCUT2D eigenvalue weighted by atomic mass is 16.2. The molecule has 1 N–H and O–H groups in total. The van der Waals surface area contributed by atoms with E-state index in [0.717, 1.165) is 4.90 Å². The number of carbonyl (C=O) groups excluding carboxylic acids is 4. The summed E-state index contributed by atoms with van der Waals surface area (Å²) in [5.41, 5.74) is -0.984. The standard InChI is InChI=1S/C18H18N2O4/c1-8(2)13-11-12(17(24)20(3)16(11)23)18(19-13)14(21)9-6-4-5-7-10(9)15(18)22/h4-8,11-13,19H,1-3H3/t11-,12-,13-/m0/s1. The molecule has 2 heterocycles. The number of benzene rings is 1. The Morgan fingerprint density at radius 1 is 1.00 bits per heavy atom. The average Bonchev–Trinajstić information content (AvgIpc) is 3.11. The third kappa shape index (κ3) is 1.50. The maximum Gasteiger partial charge on any atom is 0.235 e. The molecule has 124 valence electrons. The van der Waals surface area contributed by atoms with Crippen LogP contribution in [0.1, 0.15) is 34.6 Å². The number of rotatable bonds is 1. The number of likely N-dealkylation sites (tertiary alicyclic amines) is 1. The van der Waals surface area contributed by atoms with Gasteiger partial charge in [0.1, 0.15) is 0 Å². The summed E-state index contributed by atoms with van der Waals surface area (Å²) in [7, 11) is 1.42. The number of amides is 2. The van der Waals surface area contributed by atoms with Crippen molar-refractivity contribution in [1.82, 2.24) is 10.2 Å². The smallest absolute Gasteiger partial charge is 0.235 e. The molecule has 0 radical (unpaired) electrons. The van der Waals surface area contributed by atoms with Gasteiger partial charge in [0.25, 0.3) is 0 Å². The molecule has 3 atom stereocenters. The Kier molecular flexibility index (Phi) is 2.91. The van der Waals surface area contributed by atoms with Gasteiger partial charge in [0.15, 0.2) is 17.1 Å². The Bertz CT molecular complexity index is 778. The van der Waals surface area contributed by atoms with Crippen molar-refractivity contribution in [1.29, 1.82) is 0 Å². The van der Waals surface area contributed by atoms with Gasteiger partial charge in [-0.2, -0.15) is 0 Å². The molecule has 0 aromatic heterocycles. The monoisotopic (exact) mass is 326 g/mol. The fourth-order valence-electron chi connectivity index (χ4n) is 4.50. The molecule has 2 amide bonds. The van der Waals surface area contributed by atoms with E-state index in [-0.39, 0.29) is 11.8 Å². The first kappa shape index (κ1) is 15.2. The normalized spacial score (nSPS) is 30.7. The minimum Gasteiger partial charge on any atom is -0.294 e. The van der Waals surface area contributed by atoms with E-state index in [1.165, 1.54) is 7.05 Å². The van der Waals surface area contributed by atoms with Gasteiger partial charge in [-0.05, 0) is 5.92 Å². The summed E-state index contributed by atoms with van der Waals surface area (Å²) in [6, 6.07) is 6.22. The summed E-state index contributed by atoms with van der Waals surface area (Å²) >= 11 is 0. The zero-order chi connectivity index (χ0) is 17.4. The fourth-order valence-corrected chi connectivity index (χ4v) is 4.50. The Labute approximate surface area is 139 Å². The van der Waals surface area contributed by atoms with Crippen molar-refractivity contribution in [2.24, 2.45) is 17.8 Å². The Balaban J connectivity index is 1.93. The average molecular weight is 326 g/mol. The second-order valence-corrected chi connectivity index (χ2v) is 7.16. The van der Waals surface area contributed by atoms with E-state index in [2.05, 4.69) is 5.32 Å². The van der Waals surface area contributed by atoms with Crippen LogP contribution >= 0.6 is 0 Å². The molecule has 0 saturated carbocycles. The molecule has 1 spiro atoms. The summed E-state index contributed by atoms with van der Waals surface area (Å²) in [5.74, 6) is -3.18. The van der Waals surface area contributed by atoms with Crippen LogP contribution in [0.3, 0.4) is 0 Å². The van der Waals surface area contributed by atoms with E-state index < -0.39 is 40.9 Å². The lowest BCUT2D eigenvalue weighted by atomic mass is 9.76. The molecular formula is C18H18N2O4. The van der Waals surface area contributed by atoms with Gasteiger partial charge in [0.2, 0.25) is 11.8 Å². The van der Waals surface area contributed by atoms with Gasteiger partial charge in [-0.3, -0.25) is 29.4 Å². The predicted octanol–water partition coefficient (Wildman–Crippen LogP) is 0.663. The van der Waals surface area contributed by atoms with Crippen molar-refractivity contribution >= 4 is 23.4 Å². The highest BCUT2D eigenvalue weighted by Crippen LogP contribution is 2.49. The van der Waals surface area contributed by atoms with Crippen molar-refractivity contribution in [2.45, 2.75) is 25.4 Å². The van der Waals surface area contributed by atoms with Crippen LogP contribution in [0, 0.1) is 17.8 Å². The van der Waals surface area contributed by atoms with Gasteiger partial charge in [-0.15, -0.1) is 0 Å². The van der Waals surface area contributed by atoms with Crippen molar-refractivity contribution in [2.75, 3.05) is 7.05 Å². The topological polar surface area (TPSA) is 83.6 Å². The lowest BCUT2D eigenvalue weighted by Crippen LogP contribution is -2.59. The number of ketones is 2. The molecular weight excluding hydrogens is 308 g/mol. The number of Topliss-reactive ketones (excluding diaryl/α,β-unsaturated/α-hetero) is 2. The minimum atomic E-state index is -1.64. The number of imide groups is 1. The van der Waals surface area contributed by atoms with E-state index >= 15 is 0 Å². The van der Waals surface area contributed by atoms with Crippen LogP contribution in [0.5, 0.6) is 0 Å². The number of nitrogens with one attached hydrogen (secondary N) is 1. The van der Waals surface area contributed by atoms with Crippen LogP contribution < -0.4 is 5.32 Å². The SMILES string of the molecule is CC(C)[C@@H]1NC2(C(=O)c3ccccc3C2=O)[C@@H]2C(=O)N(C)C(=O)[C@@H]21. The number of hydrogen-bond acceptors (Lipinski definition) is 5. The molecule has 0 unspecified atom stereocenters. The van der Waals surface area contributed by atoms with Crippen LogP contribution in [0.4, 0.5) is 0 Å². The number of nitrogens with zero attached hydrogens (tertiary/aromatic N) is 1. The van der Waals surface area contributed by atoms with Gasteiger partial charge < -0.3 is 0 Å². The zero-order valence-electron chi connectivity index (χ0n) is 13.7. The first-order chi connectivity index (χ1) is 11.3. The van der Waals surface area contributed by atoms with Crippen molar-refractivity contribution in [3.05, 3.63) is 35.4 Å². The molecule has 6 heteroatoms. The number of hydrogen-bond donors (Lipinski definition) is 1. The molecule has 24 heavy (non-hydrogen) atoms. The largest absolute Gasteiger partial charge is 0.294 e. The molecule has 6 nitrogen and oxygen atoms in total. The van der Waals surface area contributed by atoms with Gasteiger partial charge in [0, 0.05) is 24.2 Å². The highest BCUT2D eigenvalue weighted by molar-refractivity contribution is 6.35. The molecule has 3 aliphatic rings. The third-order valence-corrected chi connectivity index (χ3v) is 5.67. The van der Waals surface area contributed by atoms with E-state index in [1.54, 1.807) is 24.3 Å². The maximum absolute atomic E-state index is 13.1. The second-order valence-electron chi connectivity index (χ2n) is 7.16. The third-order valence-electron chi connectivity index (χ3n) is 5.67. The second kappa shape index (κ2) is 4.60. The van der Waals surface area contributed by atoms with Gasteiger partial charge in [0.05, 0.1) is 11.8 Å². The quantitative estimate of drug-likeness (QED) is 0.605. The zero-order valence-corrected chi connectivity index (χ0v) is 13.7. The van der Waals surface area contributed by atoms with Crippen molar-refractivity contribution < 1.29 is 19.2 Å². The first-order valence-corrected chi connectivity index (χ1v) is 8.10.